The van der Waals surface area contributed by atoms with E-state index in [4.69, 9.17) is 0 Å². The van der Waals surface area contributed by atoms with Crippen LogP contribution in [0.2, 0.25) is 0 Å². The lowest BCUT2D eigenvalue weighted by Crippen LogP contribution is -2.40. The second-order valence-electron chi connectivity index (χ2n) is 7.15. The molecule has 2 aromatic rings. The van der Waals surface area contributed by atoms with Crippen LogP contribution in [0, 0.1) is 0 Å². The summed E-state index contributed by atoms with van der Waals surface area (Å²) in [6.45, 7) is 1.67. The summed E-state index contributed by atoms with van der Waals surface area (Å²) in [6.07, 6.45) is 6.58. The van der Waals surface area contributed by atoms with Crippen LogP contribution in [0.25, 0.3) is 0 Å². The molecule has 9 heteroatoms. The van der Waals surface area contributed by atoms with Crippen LogP contribution in [0.15, 0.2) is 53.7 Å². The molecule has 30 heavy (non-hydrogen) atoms. The lowest BCUT2D eigenvalue weighted by Gasteiger charge is -2.25. The maximum Gasteiger partial charge on any atom is 0.309 e. The lowest BCUT2D eigenvalue weighted by atomic mass is 10.1. The topological polar surface area (TPSA) is 108 Å². The fourth-order valence-corrected chi connectivity index (χ4v) is 4.76. The van der Waals surface area contributed by atoms with Gasteiger partial charge in [0.25, 0.3) is 0 Å². The lowest BCUT2D eigenvalue weighted by molar-refractivity contribution is -0.139. The normalized spacial score (nSPS) is 14.8. The van der Waals surface area contributed by atoms with Crippen molar-refractivity contribution in [1.82, 2.24) is 19.9 Å². The summed E-state index contributed by atoms with van der Waals surface area (Å²) in [6, 6.07) is 10.2. The Labute approximate surface area is 176 Å². The zero-order chi connectivity index (χ0) is 21.4. The SMILES string of the molecule is O=C(NCCc1ccc(S(=O)(=O)N2CCCCC2)cc1)C(=O)NCc1ccncc1. The Bertz CT molecular complexity index is 956. The van der Waals surface area contributed by atoms with Gasteiger partial charge in [0.05, 0.1) is 4.90 Å². The van der Waals surface area contributed by atoms with Crippen molar-refractivity contribution >= 4 is 21.8 Å². The van der Waals surface area contributed by atoms with Crippen molar-refractivity contribution in [2.75, 3.05) is 19.6 Å². The molecule has 3 rings (SSSR count). The first-order valence-electron chi connectivity index (χ1n) is 10.0. The van der Waals surface area contributed by atoms with Crippen LogP contribution in [-0.4, -0.2) is 49.2 Å². The van der Waals surface area contributed by atoms with Gasteiger partial charge in [0.2, 0.25) is 10.0 Å². The Morgan fingerprint density at radius 2 is 1.50 bits per heavy atom. The fourth-order valence-electron chi connectivity index (χ4n) is 3.25. The Morgan fingerprint density at radius 3 is 2.17 bits per heavy atom. The monoisotopic (exact) mass is 430 g/mol. The van der Waals surface area contributed by atoms with Crippen LogP contribution in [0.4, 0.5) is 0 Å². The molecule has 1 saturated heterocycles. The molecule has 1 aromatic carbocycles. The predicted octanol–water partition coefficient (Wildman–Crippen LogP) is 1.23. The average molecular weight is 431 g/mol. The van der Waals surface area contributed by atoms with Gasteiger partial charge in [0.1, 0.15) is 0 Å². The van der Waals surface area contributed by atoms with Gasteiger partial charge in [0.15, 0.2) is 0 Å². The van der Waals surface area contributed by atoms with Crippen molar-refractivity contribution in [3.63, 3.8) is 0 Å². The van der Waals surface area contributed by atoms with E-state index in [1.54, 1.807) is 48.8 Å². The average Bonchev–Trinajstić information content (AvgIpc) is 2.79. The summed E-state index contributed by atoms with van der Waals surface area (Å²) < 4.78 is 26.9. The molecule has 0 bridgehead atoms. The summed E-state index contributed by atoms with van der Waals surface area (Å²) >= 11 is 0. The Balaban J connectivity index is 1.44. The number of sulfonamides is 1. The third-order valence-corrected chi connectivity index (χ3v) is 6.90. The number of nitrogens with one attached hydrogen (secondary N) is 2. The minimum Gasteiger partial charge on any atom is -0.348 e. The maximum absolute atomic E-state index is 12.7. The van der Waals surface area contributed by atoms with Gasteiger partial charge in [-0.05, 0) is 54.7 Å². The van der Waals surface area contributed by atoms with Crippen molar-refractivity contribution in [3.8, 4) is 0 Å². The van der Waals surface area contributed by atoms with Crippen molar-refractivity contribution in [2.45, 2.75) is 37.1 Å². The molecule has 0 atom stereocenters. The molecule has 0 unspecified atom stereocenters. The maximum atomic E-state index is 12.7. The molecule has 1 aromatic heterocycles. The van der Waals surface area contributed by atoms with Crippen LogP contribution >= 0.6 is 0 Å². The number of hydrogen-bond donors (Lipinski definition) is 2. The number of nitrogens with zero attached hydrogens (tertiary/aromatic N) is 2. The van der Waals surface area contributed by atoms with E-state index in [1.165, 1.54) is 4.31 Å². The van der Waals surface area contributed by atoms with Crippen LogP contribution < -0.4 is 10.6 Å². The minimum absolute atomic E-state index is 0.252. The second-order valence-corrected chi connectivity index (χ2v) is 9.09. The van der Waals surface area contributed by atoms with Crippen molar-refractivity contribution in [2.24, 2.45) is 0 Å². The second kappa shape index (κ2) is 10.3. The van der Waals surface area contributed by atoms with E-state index in [2.05, 4.69) is 15.6 Å². The number of carbonyl (C=O) groups is 2. The molecule has 1 fully saturated rings. The molecule has 8 nitrogen and oxygen atoms in total. The number of hydrogen-bond acceptors (Lipinski definition) is 5. The highest BCUT2D eigenvalue weighted by atomic mass is 32.2. The molecule has 160 valence electrons. The molecule has 2 N–H and O–H groups in total. The van der Waals surface area contributed by atoms with Crippen LogP contribution in [0.5, 0.6) is 0 Å². The molecule has 1 aliphatic rings. The molecule has 2 heterocycles. The highest BCUT2D eigenvalue weighted by Crippen LogP contribution is 2.20. The number of piperidine rings is 1. The first-order valence-corrected chi connectivity index (χ1v) is 11.4. The van der Waals surface area contributed by atoms with Gasteiger partial charge in [0, 0.05) is 38.6 Å². The largest absolute Gasteiger partial charge is 0.348 e. The summed E-state index contributed by atoms with van der Waals surface area (Å²) in [5.41, 5.74) is 1.73. The highest BCUT2D eigenvalue weighted by molar-refractivity contribution is 7.89. The number of pyridine rings is 1. The first-order chi connectivity index (χ1) is 14.5. The quantitative estimate of drug-likeness (QED) is 0.643. The van der Waals surface area contributed by atoms with E-state index in [-0.39, 0.29) is 18.0 Å². The molecular formula is C21H26N4O4S. The number of carbonyl (C=O) groups excluding carboxylic acids is 2. The van der Waals surface area contributed by atoms with E-state index in [0.29, 0.717) is 19.5 Å². The molecule has 1 aliphatic heterocycles. The number of rotatable bonds is 7. The minimum atomic E-state index is -3.45. The summed E-state index contributed by atoms with van der Waals surface area (Å²) in [7, 11) is -3.45. The molecule has 2 amide bonds. The number of benzene rings is 1. The van der Waals surface area contributed by atoms with E-state index >= 15 is 0 Å². The smallest absolute Gasteiger partial charge is 0.309 e. The van der Waals surface area contributed by atoms with E-state index < -0.39 is 21.8 Å². The van der Waals surface area contributed by atoms with Crippen LogP contribution in [0.1, 0.15) is 30.4 Å². The van der Waals surface area contributed by atoms with Gasteiger partial charge >= 0.3 is 11.8 Å². The highest BCUT2D eigenvalue weighted by Gasteiger charge is 2.25. The zero-order valence-corrected chi connectivity index (χ0v) is 17.5. The number of amides is 2. The van der Waals surface area contributed by atoms with Crippen molar-refractivity contribution in [3.05, 3.63) is 59.9 Å². The Hall–Kier alpha value is -2.78. The molecule has 0 radical (unpaired) electrons. The van der Waals surface area contributed by atoms with Crippen molar-refractivity contribution in [1.29, 1.82) is 0 Å². The summed E-state index contributed by atoms with van der Waals surface area (Å²) in [5.74, 6) is -1.40. The van der Waals surface area contributed by atoms with Crippen molar-refractivity contribution < 1.29 is 18.0 Å². The predicted molar refractivity (Wildman–Crippen MR) is 112 cm³/mol. The summed E-state index contributed by atoms with van der Waals surface area (Å²) in [4.78, 5) is 27.9. The summed E-state index contributed by atoms with van der Waals surface area (Å²) in [5, 5.41) is 5.13. The van der Waals surface area contributed by atoms with E-state index in [0.717, 1.165) is 30.4 Å². The van der Waals surface area contributed by atoms with Gasteiger partial charge < -0.3 is 10.6 Å². The van der Waals surface area contributed by atoms with Gasteiger partial charge in [-0.3, -0.25) is 14.6 Å². The Kier molecular flexibility index (Phi) is 7.53. The van der Waals surface area contributed by atoms with E-state index in [1.807, 2.05) is 0 Å². The molecule has 0 spiro atoms. The molecule has 0 aliphatic carbocycles. The standard InChI is InChI=1S/C21H26N4O4S/c26-20(21(27)24-16-18-8-11-22-12-9-18)23-13-10-17-4-6-19(7-5-17)30(28,29)25-14-2-1-3-15-25/h4-9,11-12H,1-3,10,13-16H2,(H,23,26)(H,24,27). The third-order valence-electron chi connectivity index (χ3n) is 4.98. The fraction of sp³-hybridized carbons (Fsp3) is 0.381. The third kappa shape index (κ3) is 5.87. The molecule has 0 saturated carbocycles. The first kappa shape index (κ1) is 21.9. The van der Waals surface area contributed by atoms with Gasteiger partial charge in [-0.15, -0.1) is 0 Å². The zero-order valence-electron chi connectivity index (χ0n) is 16.7. The van der Waals surface area contributed by atoms with Crippen LogP contribution in [-0.2, 0) is 32.6 Å². The van der Waals surface area contributed by atoms with Gasteiger partial charge in [-0.25, -0.2) is 8.42 Å². The Morgan fingerprint density at radius 1 is 0.867 bits per heavy atom. The number of aromatic nitrogens is 1. The van der Waals surface area contributed by atoms with Crippen LogP contribution in [0.3, 0.4) is 0 Å². The molecular weight excluding hydrogens is 404 g/mol. The van der Waals surface area contributed by atoms with Gasteiger partial charge in [-0.2, -0.15) is 4.31 Å². The van der Waals surface area contributed by atoms with E-state index in [9.17, 15) is 18.0 Å². The van der Waals surface area contributed by atoms with Gasteiger partial charge in [-0.1, -0.05) is 18.6 Å².